The standard InChI is InChI=1S/C28H27F3N2O4/c29-28(30,31)19-7-5-18(6-8-19)25-17-24(34)22-11-10-21(16-26(22)37-25)35-13-3-1-2-4-14-36-27-15-20(32)9-12-23(27)33/h5-12,15-17H,1-4,13-14,32-33H2. The second-order valence-electron chi connectivity index (χ2n) is 8.62. The fourth-order valence-corrected chi connectivity index (χ4v) is 3.80. The summed E-state index contributed by atoms with van der Waals surface area (Å²) in [5.74, 6) is 1.32. The number of nitrogens with two attached hydrogens (primary N) is 2. The van der Waals surface area contributed by atoms with Crippen LogP contribution in [0.4, 0.5) is 24.5 Å². The molecule has 0 atom stereocenters. The minimum Gasteiger partial charge on any atom is -0.493 e. The predicted molar refractivity (Wildman–Crippen MR) is 138 cm³/mol. The number of nitrogen functional groups attached to an aromatic ring is 2. The van der Waals surface area contributed by atoms with Crippen LogP contribution in [0.1, 0.15) is 31.2 Å². The van der Waals surface area contributed by atoms with Crippen LogP contribution < -0.4 is 26.4 Å². The number of ether oxygens (including phenoxy) is 2. The normalized spacial score (nSPS) is 11.5. The summed E-state index contributed by atoms with van der Waals surface area (Å²) in [6, 6.07) is 15.8. The molecule has 1 aromatic heterocycles. The van der Waals surface area contributed by atoms with Crippen molar-refractivity contribution in [1.82, 2.24) is 0 Å². The first kappa shape index (κ1) is 25.9. The van der Waals surface area contributed by atoms with Crippen LogP contribution in [0, 0.1) is 0 Å². The van der Waals surface area contributed by atoms with Gasteiger partial charge in [0.05, 0.1) is 29.9 Å². The molecule has 0 aliphatic rings. The molecule has 0 spiro atoms. The van der Waals surface area contributed by atoms with Crippen LogP contribution in [0.3, 0.4) is 0 Å². The lowest BCUT2D eigenvalue weighted by atomic mass is 10.1. The molecule has 0 amide bonds. The molecule has 0 saturated carbocycles. The summed E-state index contributed by atoms with van der Waals surface area (Å²) in [4.78, 5) is 12.5. The zero-order chi connectivity index (χ0) is 26.4. The van der Waals surface area contributed by atoms with Crippen LogP contribution in [0.5, 0.6) is 11.5 Å². The van der Waals surface area contributed by atoms with Crippen molar-refractivity contribution >= 4 is 22.3 Å². The van der Waals surface area contributed by atoms with E-state index in [0.717, 1.165) is 37.8 Å². The lowest BCUT2D eigenvalue weighted by Crippen LogP contribution is -2.04. The number of fused-ring (bicyclic) bond motifs is 1. The monoisotopic (exact) mass is 512 g/mol. The molecule has 37 heavy (non-hydrogen) atoms. The van der Waals surface area contributed by atoms with Crippen LogP contribution >= 0.6 is 0 Å². The number of hydrogen-bond acceptors (Lipinski definition) is 6. The van der Waals surface area contributed by atoms with Gasteiger partial charge in [-0.1, -0.05) is 12.1 Å². The van der Waals surface area contributed by atoms with E-state index < -0.39 is 11.7 Å². The molecule has 9 heteroatoms. The van der Waals surface area contributed by atoms with Crippen molar-refractivity contribution in [3.63, 3.8) is 0 Å². The Morgan fingerprint density at radius 1 is 0.784 bits per heavy atom. The van der Waals surface area contributed by atoms with Gasteiger partial charge in [0.2, 0.25) is 0 Å². The number of rotatable bonds is 10. The number of alkyl halides is 3. The maximum atomic E-state index is 12.8. The predicted octanol–water partition coefficient (Wildman–Crippen LogP) is 6.66. The Morgan fingerprint density at radius 3 is 2.19 bits per heavy atom. The lowest BCUT2D eigenvalue weighted by molar-refractivity contribution is -0.137. The summed E-state index contributed by atoms with van der Waals surface area (Å²) < 4.78 is 55.8. The van der Waals surface area contributed by atoms with Crippen LogP contribution in [-0.2, 0) is 6.18 Å². The largest absolute Gasteiger partial charge is 0.493 e. The molecule has 4 rings (SSSR count). The van der Waals surface area contributed by atoms with Gasteiger partial charge in [-0.05, 0) is 62.1 Å². The van der Waals surface area contributed by atoms with Gasteiger partial charge in [0, 0.05) is 29.4 Å². The van der Waals surface area contributed by atoms with Gasteiger partial charge < -0.3 is 25.4 Å². The smallest absolute Gasteiger partial charge is 0.416 e. The van der Waals surface area contributed by atoms with Crippen molar-refractivity contribution in [2.75, 3.05) is 24.7 Å². The Hall–Kier alpha value is -4.14. The van der Waals surface area contributed by atoms with E-state index in [4.69, 9.17) is 25.4 Å². The molecule has 0 bridgehead atoms. The summed E-state index contributed by atoms with van der Waals surface area (Å²) in [6.07, 6.45) is -0.851. The van der Waals surface area contributed by atoms with Gasteiger partial charge in [-0.25, -0.2) is 0 Å². The Labute approximate surface area is 211 Å². The van der Waals surface area contributed by atoms with Crippen molar-refractivity contribution in [2.45, 2.75) is 31.9 Å². The summed E-state index contributed by atoms with van der Waals surface area (Å²) >= 11 is 0. The van der Waals surface area contributed by atoms with E-state index >= 15 is 0 Å². The van der Waals surface area contributed by atoms with Gasteiger partial charge in [0.15, 0.2) is 5.43 Å². The van der Waals surface area contributed by atoms with E-state index in [1.54, 1.807) is 36.4 Å². The number of halogens is 3. The minimum absolute atomic E-state index is 0.186. The first-order valence-corrected chi connectivity index (χ1v) is 11.9. The zero-order valence-electron chi connectivity index (χ0n) is 20.0. The Balaban J connectivity index is 1.28. The van der Waals surface area contributed by atoms with Gasteiger partial charge in [-0.2, -0.15) is 13.2 Å². The highest BCUT2D eigenvalue weighted by Crippen LogP contribution is 2.31. The molecule has 0 aliphatic carbocycles. The highest BCUT2D eigenvalue weighted by atomic mass is 19.4. The molecule has 4 N–H and O–H groups in total. The molecule has 0 saturated heterocycles. The summed E-state index contributed by atoms with van der Waals surface area (Å²) in [6.45, 7) is 1.02. The van der Waals surface area contributed by atoms with Crippen LogP contribution in [0.2, 0.25) is 0 Å². The van der Waals surface area contributed by atoms with Gasteiger partial charge in [0.1, 0.15) is 22.8 Å². The molecule has 0 radical (unpaired) electrons. The summed E-state index contributed by atoms with van der Waals surface area (Å²) in [7, 11) is 0. The van der Waals surface area contributed by atoms with Crippen LogP contribution in [-0.4, -0.2) is 13.2 Å². The third-order valence-electron chi connectivity index (χ3n) is 5.80. The second kappa shape index (κ2) is 11.3. The molecule has 0 fully saturated rings. The minimum atomic E-state index is -4.44. The molecular formula is C28H27F3N2O4. The zero-order valence-corrected chi connectivity index (χ0v) is 20.0. The van der Waals surface area contributed by atoms with E-state index in [1.165, 1.54) is 18.2 Å². The average Bonchev–Trinajstić information content (AvgIpc) is 2.87. The second-order valence-corrected chi connectivity index (χ2v) is 8.62. The maximum Gasteiger partial charge on any atom is 0.416 e. The SMILES string of the molecule is Nc1ccc(N)c(OCCCCCCOc2ccc3c(=O)cc(-c4ccc(C(F)(F)F)cc4)oc3c2)c1. The van der Waals surface area contributed by atoms with Crippen LogP contribution in [0.25, 0.3) is 22.3 Å². The third-order valence-corrected chi connectivity index (χ3v) is 5.80. The van der Waals surface area contributed by atoms with Crippen molar-refractivity contribution in [2.24, 2.45) is 0 Å². The van der Waals surface area contributed by atoms with Crippen molar-refractivity contribution in [1.29, 1.82) is 0 Å². The molecule has 0 aliphatic heterocycles. The van der Waals surface area contributed by atoms with Gasteiger partial charge >= 0.3 is 6.18 Å². The maximum absolute atomic E-state index is 12.8. The quantitative estimate of drug-likeness (QED) is 0.182. The fourth-order valence-electron chi connectivity index (χ4n) is 3.80. The first-order valence-electron chi connectivity index (χ1n) is 11.9. The molecule has 4 aromatic rings. The first-order chi connectivity index (χ1) is 17.7. The molecule has 0 unspecified atom stereocenters. The van der Waals surface area contributed by atoms with E-state index in [1.807, 2.05) is 0 Å². The summed E-state index contributed by atoms with van der Waals surface area (Å²) in [5.41, 5.74) is 12.4. The third kappa shape index (κ3) is 6.75. The van der Waals surface area contributed by atoms with Crippen molar-refractivity contribution in [3.8, 4) is 22.8 Å². The molecule has 194 valence electrons. The highest BCUT2D eigenvalue weighted by molar-refractivity contribution is 5.80. The number of hydrogen-bond donors (Lipinski definition) is 2. The van der Waals surface area contributed by atoms with Gasteiger partial charge in [0.25, 0.3) is 0 Å². The Kier molecular flexibility index (Phi) is 7.91. The van der Waals surface area contributed by atoms with Crippen LogP contribution in [0.15, 0.2) is 75.9 Å². The summed E-state index contributed by atoms with van der Waals surface area (Å²) in [5, 5.41) is 0.365. The van der Waals surface area contributed by atoms with E-state index in [2.05, 4.69) is 0 Å². The lowest BCUT2D eigenvalue weighted by Gasteiger charge is -2.10. The van der Waals surface area contributed by atoms with Crippen molar-refractivity contribution < 1.29 is 27.1 Å². The van der Waals surface area contributed by atoms with Gasteiger partial charge in [-0.15, -0.1) is 0 Å². The Morgan fingerprint density at radius 2 is 1.49 bits per heavy atom. The number of benzene rings is 3. The van der Waals surface area contributed by atoms with E-state index in [9.17, 15) is 18.0 Å². The molecule has 6 nitrogen and oxygen atoms in total. The topological polar surface area (TPSA) is 101 Å². The van der Waals surface area contributed by atoms with E-state index in [-0.39, 0.29) is 11.2 Å². The number of anilines is 2. The molecular weight excluding hydrogens is 485 g/mol. The van der Waals surface area contributed by atoms with Crippen molar-refractivity contribution in [3.05, 3.63) is 82.5 Å². The van der Waals surface area contributed by atoms with Gasteiger partial charge in [-0.3, -0.25) is 4.79 Å². The fraction of sp³-hybridized carbons (Fsp3) is 0.250. The molecule has 3 aromatic carbocycles. The Bertz CT molecular complexity index is 1420. The average molecular weight is 513 g/mol. The number of unbranched alkanes of at least 4 members (excludes halogenated alkanes) is 3. The highest BCUT2D eigenvalue weighted by Gasteiger charge is 2.30. The van der Waals surface area contributed by atoms with E-state index in [0.29, 0.717) is 52.6 Å². The molecule has 1 heterocycles.